The van der Waals surface area contributed by atoms with Crippen molar-refractivity contribution < 1.29 is 18.8 Å². The predicted molar refractivity (Wildman–Crippen MR) is 119 cm³/mol. The van der Waals surface area contributed by atoms with E-state index in [4.69, 9.17) is 9.26 Å². The van der Waals surface area contributed by atoms with E-state index in [1.807, 2.05) is 36.6 Å². The van der Waals surface area contributed by atoms with Crippen LogP contribution >= 0.6 is 11.3 Å². The van der Waals surface area contributed by atoms with E-state index in [1.54, 1.807) is 35.5 Å². The van der Waals surface area contributed by atoms with E-state index in [2.05, 4.69) is 15.5 Å². The van der Waals surface area contributed by atoms with Gasteiger partial charge in [-0.2, -0.15) is 4.98 Å². The van der Waals surface area contributed by atoms with E-state index in [0.717, 1.165) is 11.3 Å². The van der Waals surface area contributed by atoms with Gasteiger partial charge in [0.05, 0.1) is 24.2 Å². The number of ether oxygens (including phenoxy) is 1. The summed E-state index contributed by atoms with van der Waals surface area (Å²) in [6, 6.07) is 11.0. The van der Waals surface area contributed by atoms with Gasteiger partial charge in [-0.1, -0.05) is 30.3 Å². The first-order valence-electron chi connectivity index (χ1n) is 10.2. The molecule has 164 valence electrons. The van der Waals surface area contributed by atoms with E-state index in [0.29, 0.717) is 49.0 Å². The second kappa shape index (κ2) is 11.3. The summed E-state index contributed by atoms with van der Waals surface area (Å²) in [5.41, 5.74) is 0.580. The monoisotopic (exact) mass is 442 g/mol. The molecule has 0 aliphatic rings. The molecule has 0 saturated heterocycles. The third kappa shape index (κ3) is 6.39. The number of nitrogens with one attached hydrogen (secondary N) is 1. The number of amides is 2. The molecule has 0 aliphatic heterocycles. The normalized spacial score (nSPS) is 10.6. The van der Waals surface area contributed by atoms with Crippen LogP contribution in [0.1, 0.15) is 32.1 Å². The van der Waals surface area contributed by atoms with Gasteiger partial charge in [-0.05, 0) is 36.4 Å². The fourth-order valence-corrected chi connectivity index (χ4v) is 3.73. The van der Waals surface area contributed by atoms with Crippen LogP contribution in [0.4, 0.5) is 5.69 Å². The number of carbonyl (C=O) groups is 2. The van der Waals surface area contributed by atoms with Gasteiger partial charge in [0.15, 0.2) is 0 Å². The maximum absolute atomic E-state index is 12.7. The summed E-state index contributed by atoms with van der Waals surface area (Å²) in [6.07, 6.45) is 2.15. The highest BCUT2D eigenvalue weighted by atomic mass is 32.1. The fourth-order valence-electron chi connectivity index (χ4n) is 3.08. The van der Waals surface area contributed by atoms with Gasteiger partial charge >= 0.3 is 0 Å². The summed E-state index contributed by atoms with van der Waals surface area (Å²) in [6.45, 7) is 2.48. The van der Waals surface area contributed by atoms with Crippen molar-refractivity contribution in [2.45, 2.75) is 32.6 Å². The number of carbonyl (C=O) groups excluding carboxylic acids is 2. The first-order chi connectivity index (χ1) is 15.1. The minimum atomic E-state index is -0.260. The molecule has 3 rings (SSSR count). The van der Waals surface area contributed by atoms with E-state index in [1.165, 1.54) is 0 Å². The number of hydrogen-bond acceptors (Lipinski definition) is 7. The predicted octanol–water partition coefficient (Wildman–Crippen LogP) is 4.01. The Bertz CT molecular complexity index is 987. The van der Waals surface area contributed by atoms with Crippen LogP contribution in [0.2, 0.25) is 0 Å². The average molecular weight is 443 g/mol. The number of thiophene rings is 1. The lowest BCUT2D eigenvalue weighted by molar-refractivity contribution is -0.134. The van der Waals surface area contributed by atoms with Gasteiger partial charge in [0.2, 0.25) is 23.5 Å². The minimum Gasteiger partial charge on any atom is -0.495 e. The Hall–Kier alpha value is -3.20. The standard InChI is InChI=1S/C22H26N4O4S/c1-3-13-26(15-19(27)23-16-8-4-5-9-17(16)29-2)21(28)12-6-11-20-24-22(25-30-20)18-10-7-14-31-18/h4-5,7-10,14H,3,6,11-13,15H2,1-2H3,(H,23,27). The molecule has 1 N–H and O–H groups in total. The minimum absolute atomic E-state index is 0.00615. The number of nitrogens with zero attached hydrogens (tertiary/aromatic N) is 3. The lowest BCUT2D eigenvalue weighted by Crippen LogP contribution is -2.38. The van der Waals surface area contributed by atoms with E-state index < -0.39 is 0 Å². The number of anilines is 1. The van der Waals surface area contributed by atoms with E-state index in [-0.39, 0.29) is 18.4 Å². The number of aryl methyl sites for hydroxylation is 1. The third-order valence-electron chi connectivity index (χ3n) is 4.55. The van der Waals surface area contributed by atoms with Crippen molar-refractivity contribution in [1.82, 2.24) is 15.0 Å². The molecule has 0 saturated carbocycles. The molecule has 0 radical (unpaired) electrons. The first-order valence-corrected chi connectivity index (χ1v) is 11.1. The number of hydrogen-bond donors (Lipinski definition) is 1. The van der Waals surface area contributed by atoms with Crippen LogP contribution < -0.4 is 10.1 Å². The van der Waals surface area contributed by atoms with Crippen LogP contribution in [0, 0.1) is 0 Å². The van der Waals surface area contributed by atoms with Crippen molar-refractivity contribution in [3.63, 3.8) is 0 Å². The Morgan fingerprint density at radius 2 is 2.06 bits per heavy atom. The van der Waals surface area contributed by atoms with Crippen molar-refractivity contribution in [2.24, 2.45) is 0 Å². The molecule has 1 aromatic carbocycles. The zero-order valence-electron chi connectivity index (χ0n) is 17.7. The summed E-state index contributed by atoms with van der Waals surface area (Å²) in [7, 11) is 1.55. The molecule has 2 heterocycles. The Morgan fingerprint density at radius 1 is 1.23 bits per heavy atom. The van der Waals surface area contributed by atoms with Crippen molar-refractivity contribution in [1.29, 1.82) is 0 Å². The number of aromatic nitrogens is 2. The molecule has 8 nitrogen and oxygen atoms in total. The first kappa shape index (κ1) is 22.5. The highest BCUT2D eigenvalue weighted by Crippen LogP contribution is 2.23. The molecule has 2 aromatic heterocycles. The van der Waals surface area contributed by atoms with Gasteiger partial charge < -0.3 is 19.5 Å². The maximum atomic E-state index is 12.7. The van der Waals surface area contributed by atoms with Crippen LogP contribution in [-0.2, 0) is 16.0 Å². The van der Waals surface area contributed by atoms with Gasteiger partial charge in [0, 0.05) is 19.4 Å². The Morgan fingerprint density at radius 3 is 2.81 bits per heavy atom. The van der Waals surface area contributed by atoms with Gasteiger partial charge in [-0.25, -0.2) is 0 Å². The quantitative estimate of drug-likeness (QED) is 0.482. The van der Waals surface area contributed by atoms with Crippen LogP contribution in [0.3, 0.4) is 0 Å². The molecular formula is C22H26N4O4S. The van der Waals surface area contributed by atoms with Gasteiger partial charge in [-0.15, -0.1) is 11.3 Å². The van der Waals surface area contributed by atoms with Crippen LogP contribution in [0.15, 0.2) is 46.3 Å². The van der Waals surface area contributed by atoms with Crippen LogP contribution in [0.25, 0.3) is 10.7 Å². The molecule has 0 unspecified atom stereocenters. The molecule has 0 spiro atoms. The SMILES string of the molecule is CCCN(CC(=O)Nc1ccccc1OC)C(=O)CCCc1nc(-c2cccs2)no1. The summed E-state index contributed by atoms with van der Waals surface area (Å²) in [5, 5.41) is 8.75. The molecular weight excluding hydrogens is 416 g/mol. The van der Waals surface area contributed by atoms with Crippen LogP contribution in [0.5, 0.6) is 5.75 Å². The Balaban J connectivity index is 1.50. The van der Waals surface area contributed by atoms with Gasteiger partial charge in [-0.3, -0.25) is 9.59 Å². The van der Waals surface area contributed by atoms with Crippen molar-refractivity contribution in [3.05, 3.63) is 47.7 Å². The lowest BCUT2D eigenvalue weighted by atomic mass is 10.2. The number of para-hydroxylation sites is 2. The molecule has 0 aliphatic carbocycles. The molecule has 0 fully saturated rings. The lowest BCUT2D eigenvalue weighted by Gasteiger charge is -2.22. The smallest absolute Gasteiger partial charge is 0.244 e. The zero-order valence-corrected chi connectivity index (χ0v) is 18.5. The largest absolute Gasteiger partial charge is 0.495 e. The van der Waals surface area contributed by atoms with Gasteiger partial charge in [0.25, 0.3) is 0 Å². The second-order valence-electron chi connectivity index (χ2n) is 6.91. The molecule has 31 heavy (non-hydrogen) atoms. The number of rotatable bonds is 11. The summed E-state index contributed by atoms with van der Waals surface area (Å²) in [5.74, 6) is 1.31. The van der Waals surface area contributed by atoms with Crippen molar-refractivity contribution in [3.8, 4) is 16.5 Å². The van der Waals surface area contributed by atoms with E-state index >= 15 is 0 Å². The molecule has 3 aromatic rings. The number of methoxy groups -OCH3 is 1. The molecule has 0 atom stereocenters. The Labute approximate surface area is 185 Å². The molecule has 9 heteroatoms. The molecule has 0 bridgehead atoms. The van der Waals surface area contributed by atoms with Gasteiger partial charge in [0.1, 0.15) is 5.75 Å². The topological polar surface area (TPSA) is 97.6 Å². The summed E-state index contributed by atoms with van der Waals surface area (Å²) >= 11 is 1.54. The van der Waals surface area contributed by atoms with Crippen molar-refractivity contribution in [2.75, 3.05) is 25.5 Å². The van der Waals surface area contributed by atoms with E-state index in [9.17, 15) is 9.59 Å². The highest BCUT2D eigenvalue weighted by Gasteiger charge is 2.18. The van der Waals surface area contributed by atoms with Crippen molar-refractivity contribution >= 4 is 28.8 Å². The summed E-state index contributed by atoms with van der Waals surface area (Å²) < 4.78 is 10.5. The van der Waals surface area contributed by atoms with Crippen LogP contribution in [-0.4, -0.2) is 47.1 Å². The Kier molecular flexibility index (Phi) is 8.17. The third-order valence-corrected chi connectivity index (χ3v) is 5.42. The molecule has 2 amide bonds. The summed E-state index contributed by atoms with van der Waals surface area (Å²) in [4.78, 5) is 32.1. The highest BCUT2D eigenvalue weighted by molar-refractivity contribution is 7.13. The fraction of sp³-hybridized carbons (Fsp3) is 0.364. The average Bonchev–Trinajstić information content (AvgIpc) is 3.46. The zero-order chi connectivity index (χ0) is 22.1. The second-order valence-corrected chi connectivity index (χ2v) is 7.85. The number of benzene rings is 1. The maximum Gasteiger partial charge on any atom is 0.244 e.